The van der Waals surface area contributed by atoms with Gasteiger partial charge in [0.1, 0.15) is 6.04 Å². The summed E-state index contributed by atoms with van der Waals surface area (Å²) in [5, 5.41) is 9.38. The Kier molecular flexibility index (Phi) is 4.60. The van der Waals surface area contributed by atoms with Crippen LogP contribution < -0.4 is 0 Å². The van der Waals surface area contributed by atoms with Gasteiger partial charge >= 0.3 is 12.0 Å². The van der Waals surface area contributed by atoms with Gasteiger partial charge in [0.25, 0.3) is 0 Å². The van der Waals surface area contributed by atoms with E-state index >= 15 is 0 Å². The monoisotopic (exact) mass is 286 g/mol. The fourth-order valence-electron chi connectivity index (χ4n) is 2.96. The first kappa shape index (κ1) is 14.5. The number of aliphatic carboxylic acids is 1. The van der Waals surface area contributed by atoms with Crippen molar-refractivity contribution in [3.63, 3.8) is 0 Å². The van der Waals surface area contributed by atoms with Gasteiger partial charge in [-0.25, -0.2) is 9.59 Å². The highest BCUT2D eigenvalue weighted by Gasteiger charge is 2.39. The van der Waals surface area contributed by atoms with Crippen molar-refractivity contribution < 1.29 is 14.7 Å². The van der Waals surface area contributed by atoms with Gasteiger partial charge in [-0.05, 0) is 25.7 Å². The Bertz CT molecular complexity index is 364. The third kappa shape index (κ3) is 2.99. The van der Waals surface area contributed by atoms with Crippen molar-refractivity contribution >= 4 is 23.8 Å². The Morgan fingerprint density at radius 1 is 1.21 bits per heavy atom. The topological polar surface area (TPSA) is 60.9 Å². The van der Waals surface area contributed by atoms with Crippen LogP contribution in [-0.2, 0) is 4.79 Å². The number of carbonyl (C=O) groups is 2. The van der Waals surface area contributed by atoms with E-state index in [9.17, 15) is 14.7 Å². The number of hydrogen-bond acceptors (Lipinski definition) is 3. The molecule has 0 aromatic carbocycles. The summed E-state index contributed by atoms with van der Waals surface area (Å²) in [6, 6.07) is -0.562. The second-order valence-corrected chi connectivity index (χ2v) is 6.65. The van der Waals surface area contributed by atoms with Gasteiger partial charge < -0.3 is 14.9 Å². The summed E-state index contributed by atoms with van der Waals surface area (Å²) in [4.78, 5) is 27.4. The number of rotatable bonds is 1. The normalized spacial score (nSPS) is 32.2. The van der Waals surface area contributed by atoms with Gasteiger partial charge in [-0.1, -0.05) is 6.92 Å². The zero-order valence-corrected chi connectivity index (χ0v) is 12.4. The van der Waals surface area contributed by atoms with Crippen LogP contribution in [0.4, 0.5) is 4.79 Å². The summed E-state index contributed by atoms with van der Waals surface area (Å²) in [6.07, 6.45) is 1.78. The Hall–Kier alpha value is -0.910. The summed E-state index contributed by atoms with van der Waals surface area (Å²) < 4.78 is 0. The molecule has 0 aliphatic carbocycles. The van der Waals surface area contributed by atoms with Gasteiger partial charge in [0.15, 0.2) is 0 Å². The first-order chi connectivity index (χ1) is 9.02. The van der Waals surface area contributed by atoms with E-state index < -0.39 is 12.0 Å². The molecule has 0 aromatic rings. The third-order valence-corrected chi connectivity index (χ3v) is 5.23. The Morgan fingerprint density at radius 2 is 1.95 bits per heavy atom. The largest absolute Gasteiger partial charge is 0.480 e. The van der Waals surface area contributed by atoms with Crippen molar-refractivity contribution in [3.05, 3.63) is 0 Å². The summed E-state index contributed by atoms with van der Waals surface area (Å²) in [6.45, 7) is 5.25. The summed E-state index contributed by atoms with van der Waals surface area (Å²) >= 11 is 1.85. The van der Waals surface area contributed by atoms with Crippen molar-refractivity contribution in [2.24, 2.45) is 5.92 Å². The Labute approximate surface area is 118 Å². The molecule has 0 saturated carbocycles. The zero-order valence-electron chi connectivity index (χ0n) is 11.5. The number of hydrogen-bond donors (Lipinski definition) is 1. The molecule has 5 nitrogen and oxygen atoms in total. The Balaban J connectivity index is 2.13. The van der Waals surface area contributed by atoms with Gasteiger partial charge in [0.2, 0.25) is 0 Å². The maximum Gasteiger partial charge on any atom is 0.326 e. The number of nitrogens with zero attached hydrogens (tertiary/aromatic N) is 2. The number of urea groups is 1. The first-order valence-electron chi connectivity index (χ1n) is 6.90. The maximum atomic E-state index is 12.6. The molecular formula is C13H22N2O3S. The molecular weight excluding hydrogens is 264 g/mol. The van der Waals surface area contributed by atoms with Crippen LogP contribution in [0.25, 0.3) is 0 Å². The van der Waals surface area contributed by atoms with Gasteiger partial charge in [-0.2, -0.15) is 11.8 Å². The minimum atomic E-state index is -0.875. The smallest absolute Gasteiger partial charge is 0.326 e. The number of piperidine rings is 1. The van der Waals surface area contributed by atoms with Crippen molar-refractivity contribution in [1.82, 2.24) is 9.80 Å². The van der Waals surface area contributed by atoms with Gasteiger partial charge in [-0.15, -0.1) is 0 Å². The molecule has 2 amide bonds. The summed E-state index contributed by atoms with van der Waals surface area (Å²) in [5.41, 5.74) is 0. The minimum Gasteiger partial charge on any atom is -0.480 e. The number of carboxylic acid groups (broad SMARTS) is 1. The van der Waals surface area contributed by atoms with Gasteiger partial charge in [0, 0.05) is 30.6 Å². The van der Waals surface area contributed by atoms with Crippen molar-refractivity contribution in [2.75, 3.05) is 24.6 Å². The van der Waals surface area contributed by atoms with Crippen LogP contribution in [0.5, 0.6) is 0 Å². The molecule has 2 aliphatic rings. The molecule has 2 rings (SSSR count). The molecule has 3 unspecified atom stereocenters. The van der Waals surface area contributed by atoms with Crippen molar-refractivity contribution in [2.45, 2.75) is 38.8 Å². The van der Waals surface area contributed by atoms with Crippen LogP contribution in [0, 0.1) is 5.92 Å². The van der Waals surface area contributed by atoms with Crippen molar-refractivity contribution in [3.8, 4) is 0 Å². The lowest BCUT2D eigenvalue weighted by Gasteiger charge is -2.42. The first-order valence-corrected chi connectivity index (χ1v) is 8.05. The van der Waals surface area contributed by atoms with Crippen LogP contribution in [0.2, 0.25) is 0 Å². The molecule has 2 aliphatic heterocycles. The fourth-order valence-corrected chi connectivity index (χ4v) is 3.97. The number of likely N-dealkylation sites (tertiary alicyclic amines) is 1. The second kappa shape index (κ2) is 6.03. The predicted molar refractivity (Wildman–Crippen MR) is 75.4 cm³/mol. The molecule has 0 bridgehead atoms. The Morgan fingerprint density at radius 3 is 2.58 bits per heavy atom. The molecule has 0 spiro atoms. The molecule has 3 atom stereocenters. The van der Waals surface area contributed by atoms with Crippen LogP contribution in [0.1, 0.15) is 26.7 Å². The minimum absolute atomic E-state index is 0.0321. The quantitative estimate of drug-likeness (QED) is 0.797. The van der Waals surface area contributed by atoms with Crippen LogP contribution in [-0.4, -0.2) is 63.6 Å². The van der Waals surface area contributed by atoms with E-state index in [0.717, 1.165) is 30.9 Å². The lowest BCUT2D eigenvalue weighted by molar-refractivity contribution is -0.145. The summed E-state index contributed by atoms with van der Waals surface area (Å²) in [7, 11) is 0. The average molecular weight is 286 g/mol. The summed E-state index contributed by atoms with van der Waals surface area (Å²) in [5.74, 6) is 1.04. The lowest BCUT2D eigenvalue weighted by atomic mass is 9.91. The van der Waals surface area contributed by atoms with E-state index in [1.807, 2.05) is 30.5 Å². The third-order valence-electron chi connectivity index (χ3n) is 4.05. The highest BCUT2D eigenvalue weighted by atomic mass is 32.2. The highest BCUT2D eigenvalue weighted by Crippen LogP contribution is 2.26. The molecule has 19 heavy (non-hydrogen) atoms. The molecule has 2 fully saturated rings. The second-order valence-electron chi connectivity index (χ2n) is 5.50. The fraction of sp³-hybridized carbons (Fsp3) is 0.846. The van der Waals surface area contributed by atoms with E-state index in [0.29, 0.717) is 6.54 Å². The molecule has 108 valence electrons. The number of thioether (sulfide) groups is 1. The predicted octanol–water partition coefficient (Wildman–Crippen LogP) is 1.73. The maximum absolute atomic E-state index is 12.6. The van der Waals surface area contributed by atoms with Crippen LogP contribution in [0.15, 0.2) is 0 Å². The van der Waals surface area contributed by atoms with E-state index in [-0.39, 0.29) is 18.0 Å². The molecule has 1 N–H and O–H groups in total. The van der Waals surface area contributed by atoms with Gasteiger partial charge in [0.05, 0.1) is 0 Å². The van der Waals surface area contributed by atoms with E-state index in [2.05, 4.69) is 0 Å². The molecule has 6 heteroatoms. The van der Waals surface area contributed by atoms with Crippen LogP contribution in [0.3, 0.4) is 0 Å². The average Bonchev–Trinajstić information content (AvgIpc) is 2.37. The lowest BCUT2D eigenvalue weighted by Crippen LogP contribution is -2.58. The number of carboxylic acids is 1. The standard InChI is InChI=1S/C13H22N2O3S/c1-9-4-3-5-15(11(9)12(16)17)13(18)14-6-7-19-8-10(14)2/h9-11H,3-8H2,1-2H3,(H,16,17). The van der Waals surface area contributed by atoms with E-state index in [4.69, 9.17) is 0 Å². The molecule has 2 saturated heterocycles. The van der Waals surface area contributed by atoms with E-state index in [1.165, 1.54) is 0 Å². The molecule has 2 heterocycles. The molecule has 0 radical (unpaired) electrons. The number of carbonyl (C=O) groups excluding carboxylic acids is 1. The number of amides is 2. The van der Waals surface area contributed by atoms with Gasteiger partial charge in [-0.3, -0.25) is 0 Å². The van der Waals surface area contributed by atoms with Crippen LogP contribution >= 0.6 is 11.8 Å². The SMILES string of the molecule is CC1CCCN(C(=O)N2CCSCC2C)C1C(=O)O. The highest BCUT2D eigenvalue weighted by molar-refractivity contribution is 7.99. The molecule has 0 aromatic heterocycles. The van der Waals surface area contributed by atoms with Crippen molar-refractivity contribution in [1.29, 1.82) is 0 Å². The zero-order chi connectivity index (χ0) is 14.0. The van der Waals surface area contributed by atoms with E-state index in [1.54, 1.807) is 4.90 Å².